The Bertz CT molecular complexity index is 934. The van der Waals surface area contributed by atoms with Gasteiger partial charge in [0.1, 0.15) is 5.69 Å². The highest BCUT2D eigenvalue weighted by Crippen LogP contribution is 2.17. The minimum Gasteiger partial charge on any atom is -0.372 e. The van der Waals surface area contributed by atoms with Gasteiger partial charge in [0, 0.05) is 12.7 Å². The molecule has 2 N–H and O–H groups in total. The van der Waals surface area contributed by atoms with Gasteiger partial charge in [0.2, 0.25) is 0 Å². The predicted molar refractivity (Wildman–Crippen MR) is 115 cm³/mol. The first-order valence-corrected chi connectivity index (χ1v) is 10.0. The van der Waals surface area contributed by atoms with Crippen molar-refractivity contribution in [2.24, 2.45) is 5.73 Å². The van der Waals surface area contributed by atoms with E-state index < -0.39 is 5.91 Å². The maximum atomic E-state index is 11.3. The van der Waals surface area contributed by atoms with Gasteiger partial charge in [-0.3, -0.25) is 4.79 Å². The molecule has 0 saturated carbocycles. The molecule has 1 aromatic heterocycles. The first-order valence-electron chi connectivity index (χ1n) is 10.0. The number of ether oxygens (including phenoxy) is 1. The molecule has 0 bridgehead atoms. The fourth-order valence-corrected chi connectivity index (χ4v) is 3.44. The average Bonchev–Trinajstić information content (AvgIpc) is 3.19. The van der Waals surface area contributed by atoms with Crippen LogP contribution in [-0.2, 0) is 24.3 Å². The molecule has 152 valence electrons. The third kappa shape index (κ3) is 6.03. The quantitative estimate of drug-likeness (QED) is 0.563. The molecule has 0 aliphatic heterocycles. The maximum Gasteiger partial charge on any atom is 0.268 e. The van der Waals surface area contributed by atoms with E-state index >= 15 is 0 Å². The number of aromatic nitrogens is 2. The molecule has 0 aliphatic rings. The van der Waals surface area contributed by atoms with E-state index in [9.17, 15) is 4.79 Å². The molecular formula is C24H29N3O2. The fraction of sp³-hybridized carbons (Fsp3) is 0.333. The van der Waals surface area contributed by atoms with Crippen LogP contribution in [0.2, 0.25) is 0 Å². The van der Waals surface area contributed by atoms with Crippen LogP contribution in [0.4, 0.5) is 0 Å². The third-order valence-electron chi connectivity index (χ3n) is 5.32. The number of imidazole rings is 1. The van der Waals surface area contributed by atoms with Crippen LogP contribution in [0.5, 0.6) is 0 Å². The molecule has 29 heavy (non-hydrogen) atoms. The lowest BCUT2D eigenvalue weighted by molar-refractivity contribution is 0.0225. The van der Waals surface area contributed by atoms with Gasteiger partial charge in [0.25, 0.3) is 5.91 Å². The van der Waals surface area contributed by atoms with Crippen LogP contribution < -0.4 is 5.73 Å². The monoisotopic (exact) mass is 391 g/mol. The van der Waals surface area contributed by atoms with Crippen LogP contribution >= 0.6 is 0 Å². The summed E-state index contributed by atoms with van der Waals surface area (Å²) in [7, 11) is 0. The van der Waals surface area contributed by atoms with E-state index in [1.165, 1.54) is 16.7 Å². The minimum absolute atomic E-state index is 0.0234. The first kappa shape index (κ1) is 20.8. The fourth-order valence-electron chi connectivity index (χ4n) is 3.44. The van der Waals surface area contributed by atoms with Gasteiger partial charge in [-0.05, 0) is 55.4 Å². The molecule has 1 atom stereocenters. The van der Waals surface area contributed by atoms with Crippen molar-refractivity contribution in [2.75, 3.05) is 0 Å². The van der Waals surface area contributed by atoms with Crippen molar-refractivity contribution in [2.45, 2.75) is 52.4 Å². The average molecular weight is 392 g/mol. The summed E-state index contributed by atoms with van der Waals surface area (Å²) < 4.78 is 8.11. The molecule has 3 rings (SSSR count). The molecule has 1 unspecified atom stereocenters. The van der Waals surface area contributed by atoms with E-state index in [1.54, 1.807) is 12.5 Å². The Kier molecular flexibility index (Phi) is 7.19. The summed E-state index contributed by atoms with van der Waals surface area (Å²) >= 11 is 0. The Morgan fingerprint density at radius 3 is 2.66 bits per heavy atom. The van der Waals surface area contributed by atoms with Gasteiger partial charge in [0.15, 0.2) is 0 Å². The van der Waals surface area contributed by atoms with Gasteiger partial charge in [-0.25, -0.2) is 4.98 Å². The number of hydrogen-bond donors (Lipinski definition) is 1. The van der Waals surface area contributed by atoms with Crippen LogP contribution in [0.1, 0.15) is 45.6 Å². The maximum absolute atomic E-state index is 11.3. The molecule has 0 fully saturated rings. The lowest BCUT2D eigenvalue weighted by Crippen LogP contribution is -2.20. The van der Waals surface area contributed by atoms with E-state index in [0.29, 0.717) is 13.2 Å². The SMILES string of the molecule is Cc1cccc(CCCC(Cn2cnc(C(N)=O)c2)OCc2ccccc2)c1C. The summed E-state index contributed by atoms with van der Waals surface area (Å²) in [6.07, 6.45) is 6.33. The van der Waals surface area contributed by atoms with Crippen LogP contribution in [0.25, 0.3) is 0 Å². The lowest BCUT2D eigenvalue weighted by atomic mass is 9.98. The van der Waals surface area contributed by atoms with Crippen molar-refractivity contribution in [3.8, 4) is 0 Å². The van der Waals surface area contributed by atoms with E-state index in [2.05, 4.69) is 49.2 Å². The number of primary amides is 1. The Balaban J connectivity index is 1.62. The van der Waals surface area contributed by atoms with Crippen molar-refractivity contribution in [1.29, 1.82) is 0 Å². The van der Waals surface area contributed by atoms with E-state index in [4.69, 9.17) is 10.5 Å². The van der Waals surface area contributed by atoms with E-state index in [1.807, 2.05) is 22.8 Å². The molecule has 0 aliphatic carbocycles. The van der Waals surface area contributed by atoms with Gasteiger partial charge >= 0.3 is 0 Å². The zero-order valence-corrected chi connectivity index (χ0v) is 17.2. The van der Waals surface area contributed by atoms with Crippen LogP contribution in [0, 0.1) is 13.8 Å². The largest absolute Gasteiger partial charge is 0.372 e. The standard InChI is InChI=1S/C24H29N3O2/c1-18-8-6-11-21(19(18)2)12-7-13-22(29-16-20-9-4-3-5-10-20)14-27-15-23(24(25)28)26-17-27/h3-6,8-11,15,17,22H,7,12-14,16H2,1-2H3,(H2,25,28). The highest BCUT2D eigenvalue weighted by molar-refractivity contribution is 5.90. The van der Waals surface area contributed by atoms with Gasteiger partial charge in [-0.15, -0.1) is 0 Å². The van der Waals surface area contributed by atoms with Gasteiger partial charge < -0.3 is 15.0 Å². The molecule has 0 saturated heterocycles. The molecule has 5 heteroatoms. The van der Waals surface area contributed by atoms with Gasteiger partial charge in [-0.1, -0.05) is 48.5 Å². The predicted octanol–water partition coefficient (Wildman–Crippen LogP) is 4.21. The second-order valence-electron chi connectivity index (χ2n) is 7.49. The minimum atomic E-state index is -0.513. The van der Waals surface area contributed by atoms with Gasteiger partial charge in [-0.2, -0.15) is 0 Å². The number of aryl methyl sites for hydroxylation is 2. The summed E-state index contributed by atoms with van der Waals surface area (Å²) in [5, 5.41) is 0. The highest BCUT2D eigenvalue weighted by Gasteiger charge is 2.13. The molecule has 1 amide bonds. The Morgan fingerprint density at radius 2 is 1.93 bits per heavy atom. The highest BCUT2D eigenvalue weighted by atomic mass is 16.5. The topological polar surface area (TPSA) is 70.1 Å². The van der Waals surface area contributed by atoms with Gasteiger partial charge in [0.05, 0.1) is 19.0 Å². The lowest BCUT2D eigenvalue weighted by Gasteiger charge is -2.19. The molecule has 1 heterocycles. The van der Waals surface area contributed by atoms with E-state index in [0.717, 1.165) is 24.8 Å². The normalized spacial score (nSPS) is 12.1. The summed E-state index contributed by atoms with van der Waals surface area (Å²) in [6, 6.07) is 16.6. The number of nitrogens with zero attached hydrogens (tertiary/aromatic N) is 2. The van der Waals surface area contributed by atoms with Crippen molar-refractivity contribution < 1.29 is 9.53 Å². The number of carbonyl (C=O) groups excluding carboxylic acids is 1. The molecule has 0 spiro atoms. The molecule has 5 nitrogen and oxygen atoms in total. The zero-order chi connectivity index (χ0) is 20.6. The first-order chi connectivity index (χ1) is 14.0. The molecular weight excluding hydrogens is 362 g/mol. The number of carbonyl (C=O) groups is 1. The summed E-state index contributed by atoms with van der Waals surface area (Å²) in [5.74, 6) is -0.513. The van der Waals surface area contributed by atoms with Crippen LogP contribution in [-0.4, -0.2) is 21.6 Å². The number of nitrogens with two attached hydrogens (primary N) is 1. The Labute approximate surface area is 172 Å². The molecule has 0 radical (unpaired) electrons. The second kappa shape index (κ2) is 10.0. The Morgan fingerprint density at radius 1 is 1.14 bits per heavy atom. The number of benzene rings is 2. The van der Waals surface area contributed by atoms with Crippen LogP contribution in [0.3, 0.4) is 0 Å². The van der Waals surface area contributed by atoms with Crippen LogP contribution in [0.15, 0.2) is 61.1 Å². The van der Waals surface area contributed by atoms with E-state index in [-0.39, 0.29) is 11.8 Å². The Hall–Kier alpha value is -2.92. The number of rotatable bonds is 10. The number of hydrogen-bond acceptors (Lipinski definition) is 3. The van der Waals surface area contributed by atoms with Crippen molar-refractivity contribution in [1.82, 2.24) is 9.55 Å². The smallest absolute Gasteiger partial charge is 0.268 e. The van der Waals surface area contributed by atoms with Crippen molar-refractivity contribution in [3.05, 3.63) is 89.0 Å². The second-order valence-corrected chi connectivity index (χ2v) is 7.49. The molecule has 2 aromatic carbocycles. The summed E-state index contributed by atoms with van der Waals surface area (Å²) in [4.78, 5) is 15.4. The molecule has 3 aromatic rings. The number of amides is 1. The van der Waals surface area contributed by atoms with Crippen molar-refractivity contribution in [3.63, 3.8) is 0 Å². The third-order valence-corrected chi connectivity index (χ3v) is 5.32. The van der Waals surface area contributed by atoms with Crippen molar-refractivity contribution >= 4 is 5.91 Å². The summed E-state index contributed by atoms with van der Waals surface area (Å²) in [6.45, 7) is 5.54. The zero-order valence-electron chi connectivity index (χ0n) is 17.2. The summed E-state index contributed by atoms with van der Waals surface area (Å²) in [5.41, 5.74) is 10.8.